The third-order valence-electron chi connectivity index (χ3n) is 8.84. The van der Waals surface area contributed by atoms with E-state index in [1.165, 1.54) is 7.11 Å². The van der Waals surface area contributed by atoms with E-state index in [-0.39, 0.29) is 0 Å². The lowest BCUT2D eigenvalue weighted by atomic mass is 9.96. The van der Waals surface area contributed by atoms with Crippen molar-refractivity contribution in [2.45, 2.75) is 6.92 Å². The van der Waals surface area contributed by atoms with Crippen molar-refractivity contribution < 1.29 is 9.53 Å². The van der Waals surface area contributed by atoms with Gasteiger partial charge >= 0.3 is 5.97 Å². The summed E-state index contributed by atoms with van der Waals surface area (Å²) in [7, 11) is 1.37. The van der Waals surface area contributed by atoms with E-state index in [0.717, 1.165) is 71.7 Å². The minimum absolute atomic E-state index is 0.375. The van der Waals surface area contributed by atoms with Crippen LogP contribution < -0.4 is 0 Å². The Labute approximate surface area is 269 Å². The van der Waals surface area contributed by atoms with Gasteiger partial charge in [-0.05, 0) is 84.1 Å². The van der Waals surface area contributed by atoms with Crippen LogP contribution in [0.5, 0.6) is 0 Å². The van der Waals surface area contributed by atoms with Crippen LogP contribution in [-0.2, 0) is 4.74 Å². The molecule has 0 unspecified atom stereocenters. The number of fused-ring (bicyclic) bond motifs is 6. The number of carbonyl (C=O) groups is 1. The Morgan fingerprint density at radius 2 is 1.36 bits per heavy atom. The molecule has 8 rings (SSSR count). The number of benzene rings is 5. The van der Waals surface area contributed by atoms with E-state index in [0.29, 0.717) is 16.8 Å². The number of aromatic nitrogens is 3. The van der Waals surface area contributed by atoms with Crippen molar-refractivity contribution in [2.24, 2.45) is 0 Å². The number of pyridine rings is 1. The summed E-state index contributed by atoms with van der Waals surface area (Å²) in [6.07, 6.45) is 3.31. The second kappa shape index (κ2) is 10.7. The monoisotopic (exact) mass is 607 g/mol. The highest BCUT2D eigenvalue weighted by Gasteiger charge is 2.21. The highest BCUT2D eigenvalue weighted by molar-refractivity contribution is 6.11. The molecule has 0 spiro atoms. The van der Waals surface area contributed by atoms with Crippen LogP contribution in [0.15, 0.2) is 116 Å². The van der Waals surface area contributed by atoms with Crippen LogP contribution in [0.3, 0.4) is 0 Å². The minimum atomic E-state index is -0.465. The first-order chi connectivity index (χ1) is 23.0. The average molecular weight is 608 g/mol. The summed E-state index contributed by atoms with van der Waals surface area (Å²) in [5.41, 5.74) is 9.59. The Morgan fingerprint density at radius 3 is 1.98 bits per heavy atom. The molecule has 0 saturated carbocycles. The molecule has 0 aliphatic rings. The number of hydrogen-bond donors (Lipinski definition) is 0. The zero-order valence-electron chi connectivity index (χ0n) is 25.5. The van der Waals surface area contributed by atoms with Crippen molar-refractivity contribution in [1.82, 2.24) is 14.1 Å². The van der Waals surface area contributed by atoms with Gasteiger partial charge < -0.3 is 13.9 Å². The standard InChI is InChI=1S/C40H25N5O2/c1-24-22-43-23-34(40(46)47-3)39(24)26-17-28(44-35-10-6-4-8-30(35)32-16-25(21-41)12-14-37(32)44)20-29(18-26)45-36-11-7-5-9-31(36)33-19-27(42-2)13-15-38(33)45/h4-20,22-23H,1,3H3. The van der Waals surface area contributed by atoms with Crippen LogP contribution in [0.4, 0.5) is 5.69 Å². The topological polar surface area (TPSA) is 77.2 Å². The second-order valence-corrected chi connectivity index (χ2v) is 11.5. The molecule has 222 valence electrons. The van der Waals surface area contributed by atoms with Gasteiger partial charge in [0, 0.05) is 45.5 Å². The molecular formula is C40H25N5O2. The fraction of sp³-hybridized carbons (Fsp3) is 0.0500. The molecule has 0 fully saturated rings. The summed E-state index contributed by atoms with van der Waals surface area (Å²) < 4.78 is 9.61. The predicted molar refractivity (Wildman–Crippen MR) is 185 cm³/mol. The first-order valence-electron chi connectivity index (χ1n) is 15.0. The maximum Gasteiger partial charge on any atom is 0.340 e. The van der Waals surface area contributed by atoms with E-state index in [9.17, 15) is 10.1 Å². The van der Waals surface area contributed by atoms with Gasteiger partial charge in [-0.25, -0.2) is 9.64 Å². The molecule has 7 heteroatoms. The third kappa shape index (κ3) is 4.26. The average Bonchev–Trinajstić information content (AvgIpc) is 3.63. The normalized spacial score (nSPS) is 11.2. The van der Waals surface area contributed by atoms with E-state index in [1.54, 1.807) is 12.4 Å². The Morgan fingerprint density at radius 1 is 0.766 bits per heavy atom. The third-order valence-corrected chi connectivity index (χ3v) is 8.84. The summed E-state index contributed by atoms with van der Waals surface area (Å²) in [4.78, 5) is 21.1. The van der Waals surface area contributed by atoms with Crippen LogP contribution in [-0.4, -0.2) is 27.2 Å². The number of para-hydroxylation sites is 2. The van der Waals surface area contributed by atoms with Gasteiger partial charge in [-0.3, -0.25) is 4.98 Å². The largest absolute Gasteiger partial charge is 0.465 e. The van der Waals surface area contributed by atoms with Crippen LogP contribution in [0.1, 0.15) is 21.5 Å². The molecule has 0 radical (unpaired) electrons. The van der Waals surface area contributed by atoms with Crippen molar-refractivity contribution >= 4 is 55.3 Å². The van der Waals surface area contributed by atoms with Gasteiger partial charge in [0.1, 0.15) is 0 Å². The number of esters is 1. The quantitative estimate of drug-likeness (QED) is 0.147. The van der Waals surface area contributed by atoms with E-state index in [1.807, 2.05) is 67.6 Å². The van der Waals surface area contributed by atoms with Crippen molar-refractivity contribution in [1.29, 1.82) is 5.26 Å². The van der Waals surface area contributed by atoms with E-state index < -0.39 is 5.97 Å². The van der Waals surface area contributed by atoms with Crippen LogP contribution >= 0.6 is 0 Å². The number of methoxy groups -OCH3 is 1. The van der Waals surface area contributed by atoms with Crippen molar-refractivity contribution in [3.63, 3.8) is 0 Å². The van der Waals surface area contributed by atoms with Crippen LogP contribution in [0.25, 0.3) is 71.0 Å². The van der Waals surface area contributed by atoms with E-state index in [2.05, 4.69) is 67.5 Å². The number of ether oxygens (including phenoxy) is 1. The predicted octanol–water partition coefficient (Wildman–Crippen LogP) is 9.46. The van der Waals surface area contributed by atoms with Crippen molar-refractivity contribution in [3.8, 4) is 28.6 Å². The summed E-state index contributed by atoms with van der Waals surface area (Å²) in [6.45, 7) is 9.57. The molecule has 0 amide bonds. The Balaban J connectivity index is 1.53. The number of nitriles is 1. The zero-order chi connectivity index (χ0) is 32.2. The molecule has 7 nitrogen and oxygen atoms in total. The molecule has 0 aliphatic heterocycles. The molecule has 3 aromatic heterocycles. The molecule has 3 heterocycles. The Hall–Kier alpha value is -6.70. The smallest absolute Gasteiger partial charge is 0.340 e. The summed E-state index contributed by atoms with van der Waals surface area (Å²) in [5.74, 6) is -0.465. The molecule has 0 N–H and O–H groups in total. The summed E-state index contributed by atoms with van der Waals surface area (Å²) in [5, 5.41) is 13.7. The number of rotatable bonds is 4. The fourth-order valence-corrected chi connectivity index (χ4v) is 6.84. The van der Waals surface area contributed by atoms with Gasteiger partial charge in [-0.15, -0.1) is 0 Å². The minimum Gasteiger partial charge on any atom is -0.465 e. The van der Waals surface area contributed by atoms with Crippen molar-refractivity contribution in [3.05, 3.63) is 144 Å². The molecule has 5 aromatic carbocycles. The maximum absolute atomic E-state index is 13.1. The van der Waals surface area contributed by atoms with Crippen molar-refractivity contribution in [2.75, 3.05) is 7.11 Å². The number of nitrogens with zero attached hydrogens (tertiary/aromatic N) is 5. The number of hydrogen-bond acceptors (Lipinski definition) is 4. The molecule has 0 bridgehead atoms. The van der Waals surface area contributed by atoms with Gasteiger partial charge in [0.2, 0.25) is 0 Å². The Bertz CT molecular complexity index is 2530. The van der Waals surface area contributed by atoms with E-state index >= 15 is 0 Å². The Kier molecular flexibility index (Phi) is 6.35. The van der Waals surface area contributed by atoms with Gasteiger partial charge in [-0.2, -0.15) is 5.26 Å². The van der Waals surface area contributed by atoms with Crippen LogP contribution in [0, 0.1) is 24.8 Å². The molecule has 47 heavy (non-hydrogen) atoms. The fourth-order valence-electron chi connectivity index (χ4n) is 6.84. The number of carbonyl (C=O) groups excluding carboxylic acids is 1. The molecule has 0 saturated heterocycles. The van der Waals surface area contributed by atoms with Crippen LogP contribution in [0.2, 0.25) is 0 Å². The maximum atomic E-state index is 13.1. The molecule has 0 aliphatic carbocycles. The zero-order valence-corrected chi connectivity index (χ0v) is 25.5. The van der Waals surface area contributed by atoms with Gasteiger partial charge in [-0.1, -0.05) is 42.5 Å². The molecule has 8 aromatic rings. The first-order valence-corrected chi connectivity index (χ1v) is 15.0. The highest BCUT2D eigenvalue weighted by atomic mass is 16.5. The second-order valence-electron chi connectivity index (χ2n) is 11.5. The lowest BCUT2D eigenvalue weighted by molar-refractivity contribution is 0.0601. The van der Waals surface area contributed by atoms with Gasteiger partial charge in [0.25, 0.3) is 0 Å². The van der Waals surface area contributed by atoms with Gasteiger partial charge in [0.15, 0.2) is 5.69 Å². The lowest BCUT2D eigenvalue weighted by Crippen LogP contribution is -2.07. The lowest BCUT2D eigenvalue weighted by Gasteiger charge is -2.18. The first kappa shape index (κ1) is 27.8. The van der Waals surface area contributed by atoms with Gasteiger partial charge in [0.05, 0.1) is 52.9 Å². The molecular weight excluding hydrogens is 582 g/mol. The van der Waals surface area contributed by atoms with E-state index in [4.69, 9.17) is 11.3 Å². The highest BCUT2D eigenvalue weighted by Crippen LogP contribution is 2.39. The SMILES string of the molecule is [C-]#[N+]c1ccc2c(c1)c1ccccc1n2-c1cc(-c2c(C)cncc2C(=O)OC)cc(-n2c3ccccc3c3cc(C#N)ccc32)c1. The molecule has 0 atom stereocenters. The summed E-state index contributed by atoms with van der Waals surface area (Å²) >= 11 is 0. The summed E-state index contributed by atoms with van der Waals surface area (Å²) in [6, 6.07) is 36.5. The number of aryl methyl sites for hydroxylation is 1.